The molecule has 0 N–H and O–H groups in total. The average Bonchev–Trinajstić information content (AvgIpc) is 1.62. The summed E-state index contributed by atoms with van der Waals surface area (Å²) in [7, 11) is 0. The third-order valence-corrected chi connectivity index (χ3v) is 25.2. The van der Waals surface area contributed by atoms with Gasteiger partial charge in [-0.05, 0) is 225 Å². The van der Waals surface area contributed by atoms with Crippen molar-refractivity contribution in [3.63, 3.8) is 0 Å². The molecule has 12 rings (SSSR count). The Morgan fingerprint density at radius 1 is 0.294 bits per heavy atom. The van der Waals surface area contributed by atoms with E-state index in [9.17, 15) is 86.3 Å². The van der Waals surface area contributed by atoms with Crippen LogP contribution < -0.4 is 0 Å². The van der Waals surface area contributed by atoms with E-state index in [0.717, 1.165) is 69.9 Å². The number of carbonyl (C=O) groups is 18. The van der Waals surface area contributed by atoms with Crippen LogP contribution in [-0.4, -0.2) is 251 Å². The number of nitrogens with zero attached hydrogens (tertiary/aromatic N) is 3. The van der Waals surface area contributed by atoms with Crippen LogP contribution in [-0.2, 0) is 157 Å². The van der Waals surface area contributed by atoms with Crippen molar-refractivity contribution < 1.29 is 157 Å². The Balaban J connectivity index is 0.000000223. The van der Waals surface area contributed by atoms with Crippen LogP contribution in [0.1, 0.15) is 283 Å². The first-order valence-electron chi connectivity index (χ1n) is 47.7. The smallest absolute Gasteiger partial charge is 0.333 e. The van der Waals surface area contributed by atoms with Crippen molar-refractivity contribution >= 4 is 107 Å². The molecule has 18 atom stereocenters. The number of hydrogen-bond donors (Lipinski definition) is 0. The Labute approximate surface area is 797 Å². The number of ether oxygens (including phenoxy) is 15. The first-order valence-corrected chi connectivity index (χ1v) is 47.7. The molecule has 6 heterocycles. The predicted octanol–water partition coefficient (Wildman–Crippen LogP) is 11.6. The summed E-state index contributed by atoms with van der Waals surface area (Å²) in [6, 6.07) is -0.0910. The van der Waals surface area contributed by atoms with E-state index in [0.29, 0.717) is 119 Å². The first kappa shape index (κ1) is 112. The summed E-state index contributed by atoms with van der Waals surface area (Å²) in [4.78, 5) is 215. The molecule has 12 aliphatic rings. The molecule has 0 spiro atoms. The molecule has 136 heavy (non-hydrogen) atoms. The van der Waals surface area contributed by atoms with Crippen LogP contribution in [0.2, 0.25) is 0 Å². The minimum atomic E-state index is -0.505. The van der Waals surface area contributed by atoms with Crippen molar-refractivity contribution in [1.82, 2.24) is 14.7 Å². The lowest BCUT2D eigenvalue weighted by Crippen LogP contribution is -2.51. The molecule has 6 aliphatic carbocycles. The number of esters is 15. The maximum absolute atomic E-state index is 12.5. The molecule has 36 heteroatoms. The standard InChI is InChI=1S/2C19H29NO5.C18H27NO5.2C15H20O6.C14H18O6/c2*1-12(2)18(23)24-10-6-7-16(21)25-15-9-8-13-11-14(15)20(17(13)22)19(3,4)5;1-5-15(20)23-10-6-7-16(21)24-14-9-8-12-11-13(14)19(17(12)22)18(2,3)4;2*1-9(2)14(17)19-7-3-4-13(16)20-11-6-5-10-8-12(11)21-15(10)18;1-2-12(15)18-7-3-4-13(16)19-10-6-5-9-8-11(10)20-14(9)17/h2*13-15H,1,6-11H2,2-5H3;5,12-14H,1,6-11H2,2-4H3;2*10-12H,1,3-8H2,2H3;2,9-11H,1,3-8H2. The fourth-order valence-electron chi connectivity index (χ4n) is 18.6. The molecule has 3 amide bonds. The number of likely N-dealkylation sites (tertiary alicyclic amines) is 3. The third-order valence-electron chi connectivity index (χ3n) is 25.2. The molecule has 18 unspecified atom stereocenters. The fraction of sp³-hybridized carbons (Fsp3) is 0.700. The Morgan fingerprint density at radius 3 is 0.684 bits per heavy atom. The summed E-state index contributed by atoms with van der Waals surface area (Å²) in [6.07, 6.45) is 16.0. The van der Waals surface area contributed by atoms with E-state index in [2.05, 4.69) is 39.5 Å². The van der Waals surface area contributed by atoms with Crippen LogP contribution >= 0.6 is 0 Å². The van der Waals surface area contributed by atoms with Crippen LogP contribution in [0.4, 0.5) is 0 Å². The second-order valence-corrected chi connectivity index (χ2v) is 39.5. The third kappa shape index (κ3) is 34.3. The largest absolute Gasteiger partial charge is 0.463 e. The minimum Gasteiger partial charge on any atom is -0.463 e. The van der Waals surface area contributed by atoms with Crippen molar-refractivity contribution in [3.05, 3.63) is 73.9 Å². The Hall–Kier alpha value is -11.1. The van der Waals surface area contributed by atoms with Crippen LogP contribution in [0, 0.1) is 35.5 Å². The van der Waals surface area contributed by atoms with Crippen molar-refractivity contribution in [2.24, 2.45) is 35.5 Å². The van der Waals surface area contributed by atoms with Gasteiger partial charge in [-0.2, -0.15) is 0 Å². The second-order valence-electron chi connectivity index (χ2n) is 39.5. The van der Waals surface area contributed by atoms with Gasteiger partial charge in [0.05, 0.1) is 75.5 Å². The van der Waals surface area contributed by atoms with E-state index in [1.54, 1.807) is 27.7 Å². The monoisotopic (exact) mass is 1910 g/mol. The van der Waals surface area contributed by atoms with Crippen molar-refractivity contribution in [2.75, 3.05) is 39.6 Å². The summed E-state index contributed by atoms with van der Waals surface area (Å²) in [5.41, 5.74) is 0.518. The zero-order valence-electron chi connectivity index (χ0n) is 81.6. The molecule has 12 bridgehead atoms. The lowest BCUT2D eigenvalue weighted by molar-refractivity contribution is -0.161. The van der Waals surface area contributed by atoms with E-state index in [1.807, 2.05) is 77.0 Å². The molecule has 0 radical (unpaired) electrons. The Morgan fingerprint density at radius 2 is 0.485 bits per heavy atom. The zero-order chi connectivity index (χ0) is 101. The lowest BCUT2D eigenvalue weighted by atomic mass is 9.87. The van der Waals surface area contributed by atoms with E-state index in [4.69, 9.17) is 71.1 Å². The predicted molar refractivity (Wildman–Crippen MR) is 485 cm³/mol. The van der Waals surface area contributed by atoms with Gasteiger partial charge in [0, 0.05) is 127 Å². The van der Waals surface area contributed by atoms with E-state index >= 15 is 0 Å². The average molecular weight is 1920 g/mol. The number of amides is 3. The molecule has 0 aromatic carbocycles. The van der Waals surface area contributed by atoms with Gasteiger partial charge in [-0.25, -0.2) is 28.8 Å². The molecule has 12 fully saturated rings. The van der Waals surface area contributed by atoms with Gasteiger partial charge in [-0.3, -0.25) is 57.5 Å². The summed E-state index contributed by atoms with van der Waals surface area (Å²) in [5, 5.41) is 0. The Bertz CT molecular complexity index is 4190. The van der Waals surface area contributed by atoms with Gasteiger partial charge in [0.15, 0.2) is 0 Å². The SMILES string of the molecule is C=C(C)C(=O)OCCCC(=O)OC1CCC2CC1N(C(C)(C)C)C2=O.C=C(C)C(=O)OCCCC(=O)OC1CCC2CC1N(C(C)(C)C)C2=O.C=C(C)C(=O)OCCCC(=O)OC1CCC2CC1OC2=O.C=C(C)C(=O)OCCCC(=O)OC1CCC2CC1OC2=O.C=CC(=O)OCCCC(=O)OC1CCC2CC1N(C(C)(C)C)C2=O.C=CC(=O)OCCCC(=O)OC1CCC2CC1OC2=O. The molecule has 0 aromatic rings. The van der Waals surface area contributed by atoms with Crippen LogP contribution in [0.5, 0.6) is 0 Å². The van der Waals surface area contributed by atoms with Crippen molar-refractivity contribution in [2.45, 2.75) is 372 Å². The highest BCUT2D eigenvalue weighted by molar-refractivity contribution is 5.90. The van der Waals surface area contributed by atoms with Gasteiger partial charge in [-0.15, -0.1) is 0 Å². The molecule has 36 nitrogen and oxygen atoms in total. The molecule has 756 valence electrons. The molecule has 0 aromatic heterocycles. The summed E-state index contributed by atoms with van der Waals surface area (Å²) in [5.74, 6) is -4.61. The fourth-order valence-corrected chi connectivity index (χ4v) is 18.6. The van der Waals surface area contributed by atoms with Gasteiger partial charge < -0.3 is 85.8 Å². The molecule has 6 aliphatic heterocycles. The van der Waals surface area contributed by atoms with E-state index in [-0.39, 0.29) is 275 Å². The number of carbonyl (C=O) groups excluding carboxylic acids is 18. The summed E-state index contributed by atoms with van der Waals surface area (Å²) < 4.78 is 77.8. The quantitative estimate of drug-likeness (QED) is 0.0243. The number of fused-ring (bicyclic) bond motifs is 12. The molecular weight excluding hydrogens is 1770 g/mol. The number of rotatable bonds is 36. The van der Waals surface area contributed by atoms with E-state index in [1.165, 1.54) is 0 Å². The topological polar surface area (TPSA) is 455 Å². The highest BCUT2D eigenvalue weighted by Crippen LogP contribution is 2.46. The first-order chi connectivity index (χ1) is 64.0. The van der Waals surface area contributed by atoms with Crippen LogP contribution in [0.15, 0.2) is 73.9 Å². The normalized spacial score (nSPS) is 26.4. The summed E-state index contributed by atoms with van der Waals surface area (Å²) in [6.45, 7) is 45.9. The van der Waals surface area contributed by atoms with Gasteiger partial charge in [0.2, 0.25) is 17.7 Å². The van der Waals surface area contributed by atoms with Gasteiger partial charge >= 0.3 is 89.5 Å². The maximum atomic E-state index is 12.5. The lowest BCUT2D eigenvalue weighted by Gasteiger charge is -2.40. The molecule has 6 saturated carbocycles. The molecule has 6 saturated heterocycles. The molecular formula is C100H143N3O33. The van der Waals surface area contributed by atoms with Crippen LogP contribution in [0.3, 0.4) is 0 Å². The summed E-state index contributed by atoms with van der Waals surface area (Å²) >= 11 is 0. The van der Waals surface area contributed by atoms with Crippen molar-refractivity contribution in [3.8, 4) is 0 Å². The minimum absolute atomic E-state index is 0.0201. The highest BCUT2D eigenvalue weighted by Gasteiger charge is 2.56. The van der Waals surface area contributed by atoms with E-state index < -0.39 is 35.8 Å². The van der Waals surface area contributed by atoms with Gasteiger partial charge in [-0.1, -0.05) is 39.5 Å². The highest BCUT2D eigenvalue weighted by atomic mass is 16.6. The van der Waals surface area contributed by atoms with Crippen molar-refractivity contribution in [1.29, 1.82) is 0 Å². The zero-order valence-corrected chi connectivity index (χ0v) is 81.6. The van der Waals surface area contributed by atoms with Gasteiger partial charge in [0.1, 0.15) is 54.9 Å². The maximum Gasteiger partial charge on any atom is 0.333 e. The Kier molecular flexibility index (Phi) is 43.2. The number of hydrogen-bond acceptors (Lipinski definition) is 33. The second kappa shape index (κ2) is 52.4. The van der Waals surface area contributed by atoms with Crippen LogP contribution in [0.25, 0.3) is 0 Å². The van der Waals surface area contributed by atoms with Gasteiger partial charge in [0.25, 0.3) is 0 Å².